The van der Waals surface area contributed by atoms with Gasteiger partial charge in [-0.1, -0.05) is 6.42 Å². The number of aliphatic hydroxyl groups is 1. The van der Waals surface area contributed by atoms with Gasteiger partial charge in [-0.2, -0.15) is 0 Å². The van der Waals surface area contributed by atoms with Crippen molar-refractivity contribution >= 4 is 11.7 Å². The Morgan fingerprint density at radius 3 is 2.64 bits per heavy atom. The van der Waals surface area contributed by atoms with E-state index in [1.807, 2.05) is 17.0 Å². The fourth-order valence-electron chi connectivity index (χ4n) is 4.79. The number of aromatic nitrogens is 2. The van der Waals surface area contributed by atoms with Gasteiger partial charge in [-0.15, -0.1) is 0 Å². The summed E-state index contributed by atoms with van der Waals surface area (Å²) in [6, 6.07) is 7.29. The first-order chi connectivity index (χ1) is 16.0. The quantitative estimate of drug-likeness (QED) is 0.657. The zero-order chi connectivity index (χ0) is 23.1. The van der Waals surface area contributed by atoms with E-state index in [2.05, 4.69) is 14.9 Å². The smallest absolute Gasteiger partial charge is 0.253 e. The summed E-state index contributed by atoms with van der Waals surface area (Å²) in [4.78, 5) is 27.5. The van der Waals surface area contributed by atoms with Crippen molar-refractivity contribution < 1.29 is 14.6 Å². The van der Waals surface area contributed by atoms with Crippen LogP contribution in [0.1, 0.15) is 42.5 Å². The van der Waals surface area contributed by atoms with Crippen LogP contribution in [-0.2, 0) is 0 Å². The number of hydrogen-bond donors (Lipinski definition) is 1. The standard InChI is InChI=1S/C25H35N5O3/c1-28(19-25(32)10-5-15-30(20-25)23-18-26-11-12-27-23)24(31)21-6-8-22(9-7-21)33-17-16-29-13-3-2-4-14-29/h6-9,11-12,18,32H,2-5,10,13-17,19-20H2,1H3. The molecule has 2 aromatic rings. The minimum Gasteiger partial charge on any atom is -0.492 e. The van der Waals surface area contributed by atoms with Crippen molar-refractivity contribution in [3.8, 4) is 5.75 Å². The topological polar surface area (TPSA) is 82.0 Å². The number of ether oxygens (including phenoxy) is 1. The predicted octanol–water partition coefficient (Wildman–Crippen LogP) is 2.44. The Balaban J connectivity index is 1.28. The van der Waals surface area contributed by atoms with Crippen LogP contribution in [0.4, 0.5) is 5.82 Å². The highest BCUT2D eigenvalue weighted by Crippen LogP contribution is 2.26. The van der Waals surface area contributed by atoms with Crippen molar-refractivity contribution in [3.63, 3.8) is 0 Å². The van der Waals surface area contributed by atoms with Crippen LogP contribution < -0.4 is 9.64 Å². The maximum absolute atomic E-state index is 13.0. The number of carbonyl (C=O) groups is 1. The maximum Gasteiger partial charge on any atom is 0.253 e. The van der Waals surface area contributed by atoms with Crippen molar-refractivity contribution in [2.24, 2.45) is 0 Å². The molecule has 1 atom stereocenters. The molecule has 0 aliphatic carbocycles. The molecular weight excluding hydrogens is 418 g/mol. The van der Waals surface area contributed by atoms with Crippen LogP contribution >= 0.6 is 0 Å². The summed E-state index contributed by atoms with van der Waals surface area (Å²) in [6.45, 7) is 5.41. The molecule has 1 aromatic heterocycles. The Morgan fingerprint density at radius 1 is 1.12 bits per heavy atom. The molecule has 2 fully saturated rings. The Morgan fingerprint density at radius 2 is 1.91 bits per heavy atom. The predicted molar refractivity (Wildman–Crippen MR) is 128 cm³/mol. The van der Waals surface area contributed by atoms with Gasteiger partial charge in [0, 0.05) is 44.6 Å². The average Bonchev–Trinajstić information content (AvgIpc) is 2.85. The Hall–Kier alpha value is -2.71. The molecule has 2 aliphatic heterocycles. The molecule has 3 heterocycles. The van der Waals surface area contributed by atoms with Crippen LogP contribution in [0.15, 0.2) is 42.9 Å². The molecule has 4 rings (SSSR count). The number of piperidine rings is 2. The fourth-order valence-corrected chi connectivity index (χ4v) is 4.79. The van der Waals surface area contributed by atoms with Crippen LogP contribution in [0, 0.1) is 0 Å². The lowest BCUT2D eigenvalue weighted by molar-refractivity contribution is -0.000147. The number of likely N-dealkylation sites (tertiary alicyclic amines) is 1. The highest BCUT2D eigenvalue weighted by atomic mass is 16.5. The van der Waals surface area contributed by atoms with Gasteiger partial charge in [-0.05, 0) is 63.0 Å². The summed E-state index contributed by atoms with van der Waals surface area (Å²) < 4.78 is 5.87. The Labute approximate surface area is 196 Å². The van der Waals surface area contributed by atoms with Crippen molar-refractivity contribution in [1.29, 1.82) is 0 Å². The summed E-state index contributed by atoms with van der Waals surface area (Å²) in [5.74, 6) is 1.41. The van der Waals surface area contributed by atoms with E-state index in [-0.39, 0.29) is 12.5 Å². The number of hydrogen-bond acceptors (Lipinski definition) is 7. The molecule has 0 spiro atoms. The SMILES string of the molecule is CN(CC1(O)CCCN(c2cnccn2)C1)C(=O)c1ccc(OCCN2CCCCC2)cc1. The fraction of sp³-hybridized carbons (Fsp3) is 0.560. The molecule has 1 unspecified atom stereocenters. The normalized spacial score (nSPS) is 21.6. The van der Waals surface area contributed by atoms with Gasteiger partial charge in [0.05, 0.1) is 18.3 Å². The minimum atomic E-state index is -0.988. The summed E-state index contributed by atoms with van der Waals surface area (Å²) in [6.07, 6.45) is 10.4. The summed E-state index contributed by atoms with van der Waals surface area (Å²) in [5.41, 5.74) is -0.399. The highest BCUT2D eigenvalue weighted by Gasteiger charge is 2.36. The van der Waals surface area contributed by atoms with Crippen molar-refractivity contribution in [3.05, 3.63) is 48.4 Å². The first-order valence-electron chi connectivity index (χ1n) is 12.0. The number of amides is 1. The number of carbonyl (C=O) groups excluding carboxylic acids is 1. The molecule has 1 N–H and O–H groups in total. The van der Waals surface area contributed by atoms with Crippen LogP contribution in [0.5, 0.6) is 5.75 Å². The Kier molecular flexibility index (Phi) is 7.77. The number of anilines is 1. The molecule has 8 heteroatoms. The number of likely N-dealkylation sites (N-methyl/N-ethyl adjacent to an activating group) is 1. The molecule has 8 nitrogen and oxygen atoms in total. The first-order valence-corrected chi connectivity index (χ1v) is 12.0. The molecule has 0 saturated carbocycles. The third-order valence-electron chi connectivity index (χ3n) is 6.53. The average molecular weight is 454 g/mol. The van der Waals surface area contributed by atoms with E-state index in [1.165, 1.54) is 19.3 Å². The van der Waals surface area contributed by atoms with E-state index in [0.717, 1.165) is 44.2 Å². The molecule has 178 valence electrons. The summed E-state index contributed by atoms with van der Waals surface area (Å²) in [7, 11) is 1.74. The van der Waals surface area contributed by atoms with Crippen molar-refractivity contribution in [2.75, 3.05) is 57.8 Å². The molecule has 0 bridgehead atoms. The lowest BCUT2D eigenvalue weighted by Crippen LogP contribution is -2.54. The van der Waals surface area contributed by atoms with Gasteiger partial charge in [-0.25, -0.2) is 4.98 Å². The second-order valence-corrected chi connectivity index (χ2v) is 9.25. The van der Waals surface area contributed by atoms with E-state index in [1.54, 1.807) is 42.7 Å². The van der Waals surface area contributed by atoms with Crippen molar-refractivity contribution in [1.82, 2.24) is 19.8 Å². The molecule has 1 aromatic carbocycles. The summed E-state index contributed by atoms with van der Waals surface area (Å²) >= 11 is 0. The van der Waals surface area contributed by atoms with E-state index in [0.29, 0.717) is 25.1 Å². The van der Waals surface area contributed by atoms with Crippen LogP contribution in [0.2, 0.25) is 0 Å². The zero-order valence-corrected chi connectivity index (χ0v) is 19.5. The monoisotopic (exact) mass is 453 g/mol. The van der Waals surface area contributed by atoms with E-state index < -0.39 is 5.60 Å². The molecule has 2 saturated heterocycles. The van der Waals surface area contributed by atoms with Gasteiger partial charge < -0.3 is 19.6 Å². The first kappa shape index (κ1) is 23.4. The second kappa shape index (κ2) is 10.9. The third-order valence-corrected chi connectivity index (χ3v) is 6.53. The van der Waals surface area contributed by atoms with Gasteiger partial charge in [0.2, 0.25) is 0 Å². The zero-order valence-electron chi connectivity index (χ0n) is 19.5. The van der Waals surface area contributed by atoms with E-state index >= 15 is 0 Å². The van der Waals surface area contributed by atoms with Gasteiger partial charge in [0.25, 0.3) is 5.91 Å². The van der Waals surface area contributed by atoms with Crippen molar-refractivity contribution in [2.45, 2.75) is 37.7 Å². The van der Waals surface area contributed by atoms with E-state index in [4.69, 9.17) is 4.74 Å². The van der Waals surface area contributed by atoms with Gasteiger partial charge in [0.1, 0.15) is 18.2 Å². The Bertz CT molecular complexity index is 889. The number of β-amino-alcohol motifs (C(OH)–C–C–N with tert-alkyl or cyclic N) is 1. The number of benzene rings is 1. The summed E-state index contributed by atoms with van der Waals surface area (Å²) in [5, 5.41) is 11.2. The van der Waals surface area contributed by atoms with Gasteiger partial charge >= 0.3 is 0 Å². The van der Waals surface area contributed by atoms with Crippen LogP contribution in [0.25, 0.3) is 0 Å². The number of nitrogens with zero attached hydrogens (tertiary/aromatic N) is 5. The molecule has 1 amide bonds. The molecular formula is C25H35N5O3. The van der Waals surface area contributed by atoms with Gasteiger partial charge in [-0.3, -0.25) is 14.7 Å². The second-order valence-electron chi connectivity index (χ2n) is 9.25. The number of rotatable bonds is 8. The lowest BCUT2D eigenvalue weighted by atomic mass is 9.92. The minimum absolute atomic E-state index is 0.111. The van der Waals surface area contributed by atoms with Crippen LogP contribution in [0.3, 0.4) is 0 Å². The highest BCUT2D eigenvalue weighted by molar-refractivity contribution is 5.94. The maximum atomic E-state index is 13.0. The molecule has 33 heavy (non-hydrogen) atoms. The lowest BCUT2D eigenvalue weighted by Gasteiger charge is -2.41. The molecule has 0 radical (unpaired) electrons. The third kappa shape index (κ3) is 6.42. The largest absolute Gasteiger partial charge is 0.492 e. The van der Waals surface area contributed by atoms with Gasteiger partial charge in [0.15, 0.2) is 0 Å². The van der Waals surface area contributed by atoms with Crippen LogP contribution in [-0.4, -0.2) is 89.3 Å². The van der Waals surface area contributed by atoms with E-state index in [9.17, 15) is 9.90 Å². The molecule has 2 aliphatic rings.